The van der Waals surface area contributed by atoms with Gasteiger partial charge in [-0.3, -0.25) is 9.97 Å². The van der Waals surface area contributed by atoms with Gasteiger partial charge in [0, 0.05) is 46.2 Å². The number of fused-ring (bicyclic) bond motifs is 6. The zero-order valence-corrected chi connectivity index (χ0v) is 24.1. The molecule has 0 atom stereocenters. The Balaban J connectivity index is 1.32. The lowest BCUT2D eigenvalue weighted by atomic mass is 9.96. The molecule has 0 saturated carbocycles. The lowest BCUT2D eigenvalue weighted by Gasteiger charge is -2.28. The van der Waals surface area contributed by atoms with E-state index >= 15 is 0 Å². The summed E-state index contributed by atoms with van der Waals surface area (Å²) < 4.78 is 12.5. The summed E-state index contributed by atoms with van der Waals surface area (Å²) in [6.07, 6.45) is 3.61. The standard InChI is InChI=1S/C40H25N3O2/c1-3-9-26(10-4-1)28-15-19-34(32(23-28)27-11-5-2-6-12-27)43(29-17-20-35-33(24-29)40-37(44-35)14-8-22-42-40)30-16-18-31-38(25-30)45-36-13-7-21-41-39(31)36/h1-25H. The summed E-state index contributed by atoms with van der Waals surface area (Å²) in [4.78, 5) is 11.5. The van der Waals surface area contributed by atoms with Crippen LogP contribution in [0.5, 0.6) is 0 Å². The summed E-state index contributed by atoms with van der Waals surface area (Å²) in [5, 5.41) is 1.95. The molecule has 0 unspecified atom stereocenters. The predicted octanol–water partition coefficient (Wildman–Crippen LogP) is 11.1. The van der Waals surface area contributed by atoms with E-state index in [4.69, 9.17) is 8.83 Å². The van der Waals surface area contributed by atoms with Gasteiger partial charge in [0.1, 0.15) is 22.2 Å². The number of benzene rings is 5. The van der Waals surface area contributed by atoms with E-state index in [-0.39, 0.29) is 0 Å². The number of nitrogens with zero attached hydrogens (tertiary/aromatic N) is 3. The molecule has 0 amide bonds. The highest BCUT2D eigenvalue weighted by Crippen LogP contribution is 2.45. The van der Waals surface area contributed by atoms with Crippen LogP contribution in [0.1, 0.15) is 0 Å². The summed E-state index contributed by atoms with van der Waals surface area (Å²) in [6.45, 7) is 0. The molecule has 4 heterocycles. The van der Waals surface area contributed by atoms with Crippen LogP contribution in [0.2, 0.25) is 0 Å². The van der Waals surface area contributed by atoms with Gasteiger partial charge in [-0.25, -0.2) is 0 Å². The number of hydrogen-bond donors (Lipinski definition) is 0. The van der Waals surface area contributed by atoms with Crippen molar-refractivity contribution in [3.63, 3.8) is 0 Å². The molecule has 9 rings (SSSR count). The fraction of sp³-hybridized carbons (Fsp3) is 0. The number of hydrogen-bond acceptors (Lipinski definition) is 5. The van der Waals surface area contributed by atoms with Crippen LogP contribution in [0.25, 0.3) is 66.4 Å². The van der Waals surface area contributed by atoms with Crippen LogP contribution in [0.3, 0.4) is 0 Å². The summed E-state index contributed by atoms with van der Waals surface area (Å²) in [7, 11) is 0. The molecule has 5 aromatic carbocycles. The molecule has 212 valence electrons. The Bertz CT molecular complexity index is 2500. The molecule has 0 radical (unpaired) electrons. The molecule has 4 aromatic heterocycles. The van der Waals surface area contributed by atoms with Gasteiger partial charge in [0.2, 0.25) is 0 Å². The normalized spacial score (nSPS) is 11.6. The molecule has 0 fully saturated rings. The molecule has 0 bridgehead atoms. The summed E-state index contributed by atoms with van der Waals surface area (Å²) in [5.41, 5.74) is 12.4. The third-order valence-corrected chi connectivity index (χ3v) is 8.37. The van der Waals surface area contributed by atoms with Crippen molar-refractivity contribution in [2.45, 2.75) is 0 Å². The van der Waals surface area contributed by atoms with Crippen molar-refractivity contribution in [3.05, 3.63) is 152 Å². The van der Waals surface area contributed by atoms with Gasteiger partial charge in [0.25, 0.3) is 0 Å². The lowest BCUT2D eigenvalue weighted by molar-refractivity contribution is 0.667. The molecular formula is C40H25N3O2. The second-order valence-electron chi connectivity index (χ2n) is 11.1. The van der Waals surface area contributed by atoms with Gasteiger partial charge >= 0.3 is 0 Å². The first-order chi connectivity index (χ1) is 22.3. The van der Waals surface area contributed by atoms with Crippen molar-refractivity contribution in [1.82, 2.24) is 9.97 Å². The smallest absolute Gasteiger partial charge is 0.153 e. The van der Waals surface area contributed by atoms with E-state index in [0.717, 1.165) is 77.9 Å². The average molecular weight is 580 g/mol. The van der Waals surface area contributed by atoms with Gasteiger partial charge in [-0.2, -0.15) is 0 Å². The van der Waals surface area contributed by atoms with Crippen molar-refractivity contribution in [1.29, 1.82) is 0 Å². The summed E-state index contributed by atoms with van der Waals surface area (Å²) >= 11 is 0. The fourth-order valence-electron chi connectivity index (χ4n) is 6.27. The largest absolute Gasteiger partial charge is 0.454 e. The maximum atomic E-state index is 6.31. The highest BCUT2D eigenvalue weighted by atomic mass is 16.3. The van der Waals surface area contributed by atoms with E-state index in [0.29, 0.717) is 0 Å². The van der Waals surface area contributed by atoms with Crippen LogP contribution in [-0.2, 0) is 0 Å². The number of furan rings is 2. The average Bonchev–Trinajstić information content (AvgIpc) is 3.67. The lowest BCUT2D eigenvalue weighted by Crippen LogP contribution is -2.11. The molecule has 5 heteroatoms. The van der Waals surface area contributed by atoms with Crippen molar-refractivity contribution in [2.24, 2.45) is 0 Å². The maximum absolute atomic E-state index is 6.31. The Morgan fingerprint density at radius 1 is 0.422 bits per heavy atom. The Kier molecular flexibility index (Phi) is 5.74. The van der Waals surface area contributed by atoms with Gasteiger partial charge in [-0.15, -0.1) is 0 Å². The van der Waals surface area contributed by atoms with E-state index in [2.05, 4.69) is 118 Å². The van der Waals surface area contributed by atoms with Crippen LogP contribution in [0.15, 0.2) is 161 Å². The third kappa shape index (κ3) is 4.25. The molecular weight excluding hydrogens is 554 g/mol. The van der Waals surface area contributed by atoms with E-state index in [1.807, 2.05) is 36.4 Å². The SMILES string of the molecule is c1ccc(-c2ccc(N(c3ccc4c(c3)oc3cccnc34)c3ccc4oc5cccnc5c4c3)c(-c3ccccc3)c2)cc1. The van der Waals surface area contributed by atoms with E-state index in [9.17, 15) is 0 Å². The number of pyridine rings is 2. The Hall–Kier alpha value is -6.20. The molecule has 45 heavy (non-hydrogen) atoms. The summed E-state index contributed by atoms with van der Waals surface area (Å²) in [6, 6.07) is 48.1. The van der Waals surface area contributed by atoms with Gasteiger partial charge < -0.3 is 13.7 Å². The zero-order chi connectivity index (χ0) is 29.7. The van der Waals surface area contributed by atoms with Gasteiger partial charge in [-0.1, -0.05) is 66.7 Å². The first kappa shape index (κ1) is 25.3. The molecule has 5 nitrogen and oxygen atoms in total. The Labute approximate surface area is 258 Å². The quantitative estimate of drug-likeness (QED) is 0.203. The minimum Gasteiger partial charge on any atom is -0.454 e. The van der Waals surface area contributed by atoms with Crippen molar-refractivity contribution in [2.75, 3.05) is 4.90 Å². The van der Waals surface area contributed by atoms with Crippen LogP contribution in [-0.4, -0.2) is 9.97 Å². The molecule has 0 N–H and O–H groups in total. The van der Waals surface area contributed by atoms with E-state index in [1.165, 1.54) is 5.56 Å². The number of anilines is 3. The summed E-state index contributed by atoms with van der Waals surface area (Å²) in [5.74, 6) is 0. The molecule has 0 aliphatic rings. The van der Waals surface area contributed by atoms with Gasteiger partial charge in [0.05, 0.1) is 5.69 Å². The van der Waals surface area contributed by atoms with E-state index < -0.39 is 0 Å². The molecule has 0 spiro atoms. The van der Waals surface area contributed by atoms with E-state index in [1.54, 1.807) is 12.4 Å². The van der Waals surface area contributed by atoms with Gasteiger partial charge in [-0.05, 0) is 83.4 Å². The second-order valence-corrected chi connectivity index (χ2v) is 11.1. The van der Waals surface area contributed by atoms with Gasteiger partial charge in [0.15, 0.2) is 11.2 Å². The first-order valence-electron chi connectivity index (χ1n) is 14.9. The third-order valence-electron chi connectivity index (χ3n) is 8.37. The monoisotopic (exact) mass is 579 g/mol. The maximum Gasteiger partial charge on any atom is 0.153 e. The molecule has 0 saturated heterocycles. The second kappa shape index (κ2) is 10.2. The van der Waals surface area contributed by atoms with Crippen LogP contribution in [0.4, 0.5) is 17.1 Å². The topological polar surface area (TPSA) is 55.3 Å². The number of rotatable bonds is 5. The molecule has 9 aromatic rings. The van der Waals surface area contributed by atoms with Crippen LogP contribution in [0, 0.1) is 0 Å². The minimum absolute atomic E-state index is 0.768. The van der Waals surface area contributed by atoms with Crippen molar-refractivity contribution < 1.29 is 8.83 Å². The van der Waals surface area contributed by atoms with Crippen LogP contribution >= 0.6 is 0 Å². The molecule has 0 aliphatic carbocycles. The van der Waals surface area contributed by atoms with Crippen LogP contribution < -0.4 is 4.90 Å². The Morgan fingerprint density at radius 3 is 1.82 bits per heavy atom. The Morgan fingerprint density at radius 2 is 1.07 bits per heavy atom. The first-order valence-corrected chi connectivity index (χ1v) is 14.9. The fourth-order valence-corrected chi connectivity index (χ4v) is 6.27. The highest BCUT2D eigenvalue weighted by molar-refractivity contribution is 6.06. The van der Waals surface area contributed by atoms with Crippen molar-refractivity contribution >= 4 is 61.2 Å². The predicted molar refractivity (Wildman–Crippen MR) is 182 cm³/mol. The minimum atomic E-state index is 0.768. The zero-order valence-electron chi connectivity index (χ0n) is 24.1. The number of aromatic nitrogens is 2. The highest BCUT2D eigenvalue weighted by Gasteiger charge is 2.21. The molecule has 0 aliphatic heterocycles. The van der Waals surface area contributed by atoms with Crippen molar-refractivity contribution in [3.8, 4) is 22.3 Å².